The van der Waals surface area contributed by atoms with Crippen molar-refractivity contribution < 1.29 is 9.21 Å². The molecular weight excluding hydrogens is 338 g/mol. The molecule has 0 fully saturated rings. The number of carbonyl (C=O) groups excluding carboxylic acids is 1. The molecule has 1 aliphatic rings. The minimum absolute atomic E-state index is 0.188. The van der Waals surface area contributed by atoms with E-state index < -0.39 is 0 Å². The van der Waals surface area contributed by atoms with Crippen LogP contribution in [0.3, 0.4) is 0 Å². The molecule has 2 aromatic heterocycles. The number of benzene rings is 1. The molecule has 1 N–H and O–H groups in total. The Morgan fingerprint density at radius 3 is 2.93 bits per heavy atom. The van der Waals surface area contributed by atoms with Gasteiger partial charge in [0.15, 0.2) is 0 Å². The van der Waals surface area contributed by atoms with Crippen LogP contribution in [0.25, 0.3) is 16.5 Å². The number of carbonyl (C=O) groups is 1. The van der Waals surface area contributed by atoms with Gasteiger partial charge in [-0.1, -0.05) is 38.1 Å². The fraction of sp³-hybridized carbons (Fsp3) is 0.318. The molecule has 0 atom stereocenters. The molecule has 1 aliphatic carbocycles. The maximum absolute atomic E-state index is 12.4. The van der Waals surface area contributed by atoms with Gasteiger partial charge in [-0.15, -0.1) is 0 Å². The number of nitrogens with one attached hydrogen (secondary N) is 1. The molecule has 0 spiro atoms. The van der Waals surface area contributed by atoms with Crippen LogP contribution in [0.1, 0.15) is 54.9 Å². The van der Waals surface area contributed by atoms with Gasteiger partial charge < -0.3 is 9.73 Å². The topological polar surface area (TPSA) is 68.0 Å². The number of aromatic nitrogens is 2. The van der Waals surface area contributed by atoms with Gasteiger partial charge in [0.25, 0.3) is 5.91 Å². The van der Waals surface area contributed by atoms with Crippen molar-refractivity contribution in [2.75, 3.05) is 0 Å². The molecule has 4 rings (SSSR count). The van der Waals surface area contributed by atoms with Crippen molar-refractivity contribution in [1.82, 2.24) is 15.3 Å². The van der Waals surface area contributed by atoms with Gasteiger partial charge in [0.05, 0.1) is 23.8 Å². The average molecular weight is 361 g/mol. The number of amides is 1. The molecule has 3 aromatic rings. The number of pyridine rings is 1. The van der Waals surface area contributed by atoms with Crippen LogP contribution in [0.4, 0.5) is 0 Å². The summed E-state index contributed by atoms with van der Waals surface area (Å²) < 4.78 is 5.14. The van der Waals surface area contributed by atoms with Crippen LogP contribution >= 0.6 is 0 Å². The van der Waals surface area contributed by atoms with E-state index in [0.717, 1.165) is 23.7 Å². The van der Waals surface area contributed by atoms with E-state index in [-0.39, 0.29) is 12.5 Å². The number of oxazole rings is 1. The van der Waals surface area contributed by atoms with E-state index in [1.165, 1.54) is 23.8 Å². The van der Waals surface area contributed by atoms with Gasteiger partial charge in [-0.3, -0.25) is 9.78 Å². The second-order valence-electron chi connectivity index (χ2n) is 7.81. The fourth-order valence-corrected chi connectivity index (χ4v) is 3.46. The van der Waals surface area contributed by atoms with Gasteiger partial charge in [-0.25, -0.2) is 4.98 Å². The van der Waals surface area contributed by atoms with Crippen molar-refractivity contribution in [2.24, 2.45) is 5.41 Å². The summed E-state index contributed by atoms with van der Waals surface area (Å²) in [5.74, 6) is 0.290. The van der Waals surface area contributed by atoms with E-state index in [1.54, 1.807) is 12.4 Å². The maximum Gasteiger partial charge on any atom is 0.253 e. The van der Waals surface area contributed by atoms with Crippen LogP contribution in [0.2, 0.25) is 0 Å². The van der Waals surface area contributed by atoms with E-state index >= 15 is 0 Å². The first kappa shape index (κ1) is 17.5. The quantitative estimate of drug-likeness (QED) is 0.728. The zero-order valence-corrected chi connectivity index (χ0v) is 15.7. The molecule has 0 saturated heterocycles. The summed E-state index contributed by atoms with van der Waals surface area (Å²) in [6, 6.07) is 8.06. The highest BCUT2D eigenvalue weighted by molar-refractivity contribution is 5.99. The van der Waals surface area contributed by atoms with Gasteiger partial charge in [0.1, 0.15) is 6.26 Å². The standard InChI is InChI=1S/C22H23N3O2/c1-22(2)8-6-15(7-9-22)18-5-3-4-16-12-17(13-24-20(16)18)21(26)25-14-19-23-10-11-27-19/h3-6,10-13H,7-9,14H2,1-2H3,(H,25,26). The summed E-state index contributed by atoms with van der Waals surface area (Å²) >= 11 is 0. The van der Waals surface area contributed by atoms with Crippen molar-refractivity contribution in [2.45, 2.75) is 39.7 Å². The predicted octanol–water partition coefficient (Wildman–Crippen LogP) is 4.75. The molecule has 5 heteroatoms. The molecule has 5 nitrogen and oxygen atoms in total. The molecule has 0 bridgehead atoms. The van der Waals surface area contributed by atoms with Crippen molar-refractivity contribution in [3.05, 3.63) is 66.0 Å². The van der Waals surface area contributed by atoms with Gasteiger partial charge >= 0.3 is 0 Å². The number of para-hydroxylation sites is 1. The molecular formula is C22H23N3O2. The molecule has 0 saturated carbocycles. The van der Waals surface area contributed by atoms with Crippen LogP contribution in [-0.4, -0.2) is 15.9 Å². The smallest absolute Gasteiger partial charge is 0.253 e. The molecule has 138 valence electrons. The lowest BCUT2D eigenvalue weighted by atomic mass is 9.77. The predicted molar refractivity (Wildman–Crippen MR) is 105 cm³/mol. The van der Waals surface area contributed by atoms with Crippen molar-refractivity contribution in [1.29, 1.82) is 0 Å². The molecule has 27 heavy (non-hydrogen) atoms. The van der Waals surface area contributed by atoms with Gasteiger partial charge in [0.2, 0.25) is 5.89 Å². The Morgan fingerprint density at radius 1 is 1.30 bits per heavy atom. The summed E-state index contributed by atoms with van der Waals surface area (Å²) in [7, 11) is 0. The Labute approximate surface area is 158 Å². The maximum atomic E-state index is 12.4. The summed E-state index contributed by atoms with van der Waals surface area (Å²) in [6.45, 7) is 4.88. The minimum atomic E-state index is -0.188. The molecule has 0 aliphatic heterocycles. The summed E-state index contributed by atoms with van der Waals surface area (Å²) in [6.07, 6.45) is 10.4. The minimum Gasteiger partial charge on any atom is -0.447 e. The van der Waals surface area contributed by atoms with Crippen LogP contribution in [0.15, 0.2) is 53.4 Å². The Morgan fingerprint density at radius 2 is 2.19 bits per heavy atom. The largest absolute Gasteiger partial charge is 0.447 e. The molecule has 1 amide bonds. The monoisotopic (exact) mass is 361 g/mol. The van der Waals surface area contributed by atoms with E-state index in [0.29, 0.717) is 16.9 Å². The number of fused-ring (bicyclic) bond motifs is 1. The SMILES string of the molecule is CC1(C)CC=C(c2cccc3cc(C(=O)NCc4ncco4)cnc23)CC1. The van der Waals surface area contributed by atoms with Crippen LogP contribution in [0.5, 0.6) is 0 Å². The Hall–Kier alpha value is -2.95. The highest BCUT2D eigenvalue weighted by atomic mass is 16.3. The molecule has 0 radical (unpaired) electrons. The summed E-state index contributed by atoms with van der Waals surface area (Å²) in [5, 5.41) is 3.78. The number of nitrogens with zero attached hydrogens (tertiary/aromatic N) is 2. The molecule has 0 unspecified atom stereocenters. The third kappa shape index (κ3) is 3.77. The van der Waals surface area contributed by atoms with Crippen LogP contribution in [0, 0.1) is 5.41 Å². The van der Waals surface area contributed by atoms with Crippen molar-refractivity contribution >= 4 is 22.4 Å². The molecule has 1 aromatic carbocycles. The first-order valence-electron chi connectivity index (χ1n) is 9.27. The number of hydrogen-bond donors (Lipinski definition) is 1. The van der Waals surface area contributed by atoms with E-state index in [1.807, 2.05) is 18.2 Å². The van der Waals surface area contributed by atoms with E-state index in [4.69, 9.17) is 4.42 Å². The number of allylic oxidation sites excluding steroid dienone is 2. The Bertz CT molecular complexity index is 1000. The van der Waals surface area contributed by atoms with Gasteiger partial charge in [0, 0.05) is 17.1 Å². The fourth-order valence-electron chi connectivity index (χ4n) is 3.46. The second kappa shape index (κ2) is 6.99. The van der Waals surface area contributed by atoms with Crippen molar-refractivity contribution in [3.8, 4) is 0 Å². The van der Waals surface area contributed by atoms with Gasteiger partial charge in [-0.2, -0.15) is 0 Å². The normalized spacial score (nSPS) is 16.1. The third-order valence-electron chi connectivity index (χ3n) is 5.17. The van der Waals surface area contributed by atoms with Crippen LogP contribution < -0.4 is 5.32 Å². The Balaban J connectivity index is 1.58. The first-order chi connectivity index (χ1) is 13.0. The Kier molecular flexibility index (Phi) is 4.52. The van der Waals surface area contributed by atoms with Crippen molar-refractivity contribution in [3.63, 3.8) is 0 Å². The lowest BCUT2D eigenvalue weighted by molar-refractivity contribution is 0.0947. The average Bonchev–Trinajstić information content (AvgIpc) is 3.19. The molecule has 2 heterocycles. The zero-order chi connectivity index (χ0) is 18.9. The summed E-state index contributed by atoms with van der Waals surface area (Å²) in [5.41, 5.74) is 4.39. The van der Waals surface area contributed by atoms with E-state index in [9.17, 15) is 4.79 Å². The number of hydrogen-bond acceptors (Lipinski definition) is 4. The van der Waals surface area contributed by atoms with Crippen LogP contribution in [-0.2, 0) is 6.54 Å². The van der Waals surface area contributed by atoms with Gasteiger partial charge in [-0.05, 0) is 36.3 Å². The summed E-state index contributed by atoms with van der Waals surface area (Å²) in [4.78, 5) is 21.0. The lowest BCUT2D eigenvalue weighted by Gasteiger charge is -2.29. The van der Waals surface area contributed by atoms with E-state index in [2.05, 4.69) is 41.3 Å². The first-order valence-corrected chi connectivity index (χ1v) is 9.27. The highest BCUT2D eigenvalue weighted by Gasteiger charge is 2.23. The second-order valence-corrected chi connectivity index (χ2v) is 7.81. The number of rotatable bonds is 4. The zero-order valence-electron chi connectivity index (χ0n) is 15.7. The lowest BCUT2D eigenvalue weighted by Crippen LogP contribution is -2.23. The third-order valence-corrected chi connectivity index (χ3v) is 5.17. The highest BCUT2D eigenvalue weighted by Crippen LogP contribution is 2.39.